The van der Waals surface area contributed by atoms with Gasteiger partial charge in [-0.15, -0.1) is 0 Å². The highest BCUT2D eigenvalue weighted by Crippen LogP contribution is 2.53. The molecule has 0 atom stereocenters. The van der Waals surface area contributed by atoms with Gasteiger partial charge in [-0.05, 0) is 19.8 Å². The van der Waals surface area contributed by atoms with Crippen molar-refractivity contribution in [2.24, 2.45) is 0 Å². The van der Waals surface area contributed by atoms with E-state index in [0.717, 1.165) is 51.4 Å². The molecule has 0 aliphatic carbocycles. The van der Waals surface area contributed by atoms with Crippen molar-refractivity contribution in [3.05, 3.63) is 12.2 Å². The predicted octanol–water partition coefficient (Wildman–Crippen LogP) is 3.77. The number of esters is 1. The van der Waals surface area contributed by atoms with Crippen LogP contribution in [0.3, 0.4) is 0 Å². The number of ether oxygens (including phenoxy) is 1. The van der Waals surface area contributed by atoms with E-state index in [1.54, 1.807) is 6.92 Å². The summed E-state index contributed by atoms with van der Waals surface area (Å²) in [6, 6.07) is 0. The summed E-state index contributed by atoms with van der Waals surface area (Å²) in [6.07, 6.45) is 8.15. The standard InChI is InChI=1S/C14H27O6PS/c1-13(2)14(15)18-11-9-7-5-3-4-6-8-10-12-19-21(16,17)20-22/h16-17H,1,3-12H2,2H3/p+1. The van der Waals surface area contributed by atoms with Crippen LogP contribution in [0.2, 0.25) is 0 Å². The Morgan fingerprint density at radius 3 is 1.91 bits per heavy atom. The van der Waals surface area contributed by atoms with Crippen molar-refractivity contribution in [2.75, 3.05) is 13.2 Å². The highest BCUT2D eigenvalue weighted by Gasteiger charge is 2.38. The van der Waals surface area contributed by atoms with Crippen LogP contribution in [0, 0.1) is 0 Å². The third-order valence-electron chi connectivity index (χ3n) is 2.99. The fourth-order valence-electron chi connectivity index (χ4n) is 1.76. The topological polar surface area (TPSA) is 85.2 Å². The van der Waals surface area contributed by atoms with E-state index in [1.807, 2.05) is 0 Å². The van der Waals surface area contributed by atoms with Gasteiger partial charge in [0, 0.05) is 18.5 Å². The molecule has 0 aliphatic rings. The van der Waals surface area contributed by atoms with E-state index in [4.69, 9.17) is 19.0 Å². The molecule has 0 spiro atoms. The van der Waals surface area contributed by atoms with Gasteiger partial charge >= 0.3 is 14.1 Å². The summed E-state index contributed by atoms with van der Waals surface area (Å²) in [6.45, 7) is 5.88. The number of carbonyl (C=O) groups excluding carboxylic acids is 1. The van der Waals surface area contributed by atoms with Crippen LogP contribution < -0.4 is 0 Å². The molecule has 0 saturated carbocycles. The van der Waals surface area contributed by atoms with Gasteiger partial charge < -0.3 is 4.74 Å². The van der Waals surface area contributed by atoms with Crippen LogP contribution in [-0.2, 0) is 18.0 Å². The lowest BCUT2D eigenvalue weighted by atomic mass is 10.1. The molecule has 8 heteroatoms. The van der Waals surface area contributed by atoms with Gasteiger partial charge in [0.15, 0.2) is 0 Å². The van der Waals surface area contributed by atoms with Crippen molar-refractivity contribution in [2.45, 2.75) is 58.3 Å². The lowest BCUT2D eigenvalue weighted by Crippen LogP contribution is -2.05. The Balaban J connectivity index is 3.21. The Labute approximate surface area is 139 Å². The first-order chi connectivity index (χ1) is 10.4. The second-order valence-corrected chi connectivity index (χ2v) is 7.04. The molecule has 22 heavy (non-hydrogen) atoms. The number of carbonyl (C=O) groups is 1. The van der Waals surface area contributed by atoms with Gasteiger partial charge in [0.1, 0.15) is 6.61 Å². The Kier molecular flexibility index (Phi) is 13.2. The average molecular weight is 355 g/mol. The Morgan fingerprint density at radius 2 is 1.45 bits per heavy atom. The van der Waals surface area contributed by atoms with Gasteiger partial charge in [0.2, 0.25) is 0 Å². The second kappa shape index (κ2) is 13.3. The van der Waals surface area contributed by atoms with Crippen LogP contribution in [0.25, 0.3) is 0 Å². The summed E-state index contributed by atoms with van der Waals surface area (Å²) in [7, 11) is -3.69. The quantitative estimate of drug-likeness (QED) is 0.110. The summed E-state index contributed by atoms with van der Waals surface area (Å²) < 4.78 is 13.9. The van der Waals surface area contributed by atoms with Crippen molar-refractivity contribution in [1.82, 2.24) is 0 Å². The van der Waals surface area contributed by atoms with Gasteiger partial charge in [0.25, 0.3) is 0 Å². The van der Waals surface area contributed by atoms with Gasteiger partial charge in [-0.3, -0.25) is 0 Å². The van der Waals surface area contributed by atoms with Gasteiger partial charge in [0.05, 0.1) is 6.61 Å². The molecule has 0 saturated heterocycles. The maximum atomic E-state index is 11.1. The molecular formula is C14H28O6PS+. The molecule has 0 bridgehead atoms. The molecule has 0 rings (SSSR count). The van der Waals surface area contributed by atoms with Crippen LogP contribution in [0.5, 0.6) is 0 Å². The third kappa shape index (κ3) is 13.5. The molecule has 0 fully saturated rings. The number of thiol groups is 1. The Bertz CT molecular complexity index is 324. The number of hydrogen-bond acceptors (Lipinski definition) is 7. The largest absolute Gasteiger partial charge is 0.581 e. The van der Waals surface area contributed by atoms with Crippen molar-refractivity contribution in [1.29, 1.82) is 0 Å². The Morgan fingerprint density at radius 1 is 1.00 bits per heavy atom. The SMILES string of the molecule is C=C(C)C(=O)OCCCCCCCCCCO[P+](O)(O)OS. The first-order valence-corrected chi connectivity index (χ1v) is 9.43. The minimum absolute atomic E-state index is 0.259. The number of rotatable bonds is 14. The summed E-state index contributed by atoms with van der Waals surface area (Å²) in [5.74, 6) is -0.317. The predicted molar refractivity (Wildman–Crippen MR) is 90.1 cm³/mol. The van der Waals surface area contributed by atoms with E-state index in [0.29, 0.717) is 12.2 Å². The molecule has 6 nitrogen and oxygen atoms in total. The molecular weight excluding hydrogens is 327 g/mol. The molecule has 0 aromatic heterocycles. The zero-order chi connectivity index (χ0) is 16.8. The average Bonchev–Trinajstić information content (AvgIpc) is 2.47. The van der Waals surface area contributed by atoms with Crippen molar-refractivity contribution < 1.29 is 27.8 Å². The van der Waals surface area contributed by atoms with E-state index in [9.17, 15) is 4.79 Å². The van der Waals surface area contributed by atoms with Crippen molar-refractivity contribution in [3.63, 3.8) is 0 Å². The van der Waals surface area contributed by atoms with E-state index >= 15 is 0 Å². The first-order valence-electron chi connectivity index (χ1n) is 7.54. The molecule has 0 aromatic rings. The second-order valence-electron chi connectivity index (χ2n) is 5.15. The van der Waals surface area contributed by atoms with Crippen molar-refractivity contribution in [3.8, 4) is 0 Å². The van der Waals surface area contributed by atoms with Crippen LogP contribution in [0.15, 0.2) is 12.2 Å². The summed E-state index contributed by atoms with van der Waals surface area (Å²) >= 11 is 3.32. The maximum Gasteiger partial charge on any atom is 0.581 e. The van der Waals surface area contributed by atoms with Crippen LogP contribution >= 0.6 is 21.1 Å². The zero-order valence-corrected chi connectivity index (χ0v) is 15.0. The molecule has 0 unspecified atom stereocenters. The molecule has 0 aromatic carbocycles. The lowest BCUT2D eigenvalue weighted by molar-refractivity contribution is -0.139. The summed E-state index contributed by atoms with van der Waals surface area (Å²) in [5.41, 5.74) is 0.437. The van der Waals surface area contributed by atoms with Crippen LogP contribution in [-0.4, -0.2) is 29.0 Å². The fraction of sp³-hybridized carbons (Fsp3) is 0.786. The zero-order valence-electron chi connectivity index (χ0n) is 13.2. The van der Waals surface area contributed by atoms with Gasteiger partial charge in [-0.2, -0.15) is 14.3 Å². The van der Waals surface area contributed by atoms with E-state index < -0.39 is 8.17 Å². The molecule has 0 aliphatic heterocycles. The fourth-order valence-corrected chi connectivity index (χ4v) is 2.32. The van der Waals surface area contributed by atoms with E-state index in [2.05, 4.69) is 23.5 Å². The summed E-state index contributed by atoms with van der Waals surface area (Å²) in [4.78, 5) is 29.2. The van der Waals surface area contributed by atoms with Crippen molar-refractivity contribution >= 4 is 27.0 Å². The molecule has 130 valence electrons. The summed E-state index contributed by atoms with van der Waals surface area (Å²) in [5, 5.41) is 0. The highest BCUT2D eigenvalue weighted by atomic mass is 32.1. The van der Waals surface area contributed by atoms with E-state index in [1.165, 1.54) is 0 Å². The minimum Gasteiger partial charge on any atom is -0.462 e. The third-order valence-corrected chi connectivity index (χ3v) is 4.36. The molecule has 2 N–H and O–H groups in total. The first kappa shape index (κ1) is 21.8. The van der Waals surface area contributed by atoms with Gasteiger partial charge in [-0.1, -0.05) is 49.1 Å². The van der Waals surface area contributed by atoms with Crippen LogP contribution in [0.1, 0.15) is 58.3 Å². The highest BCUT2D eigenvalue weighted by molar-refractivity contribution is 7.81. The molecule has 0 heterocycles. The lowest BCUT2D eigenvalue weighted by Gasteiger charge is -2.06. The monoisotopic (exact) mass is 355 g/mol. The van der Waals surface area contributed by atoms with Gasteiger partial charge in [-0.25, -0.2) is 4.79 Å². The number of unbranched alkanes of at least 4 members (excludes halogenated alkanes) is 7. The minimum atomic E-state index is -3.69. The smallest absolute Gasteiger partial charge is 0.462 e. The molecule has 0 radical (unpaired) electrons. The normalized spacial score (nSPS) is 11.5. The van der Waals surface area contributed by atoms with E-state index in [-0.39, 0.29) is 12.6 Å². The Hall–Kier alpha value is -0.170. The molecule has 0 amide bonds. The van der Waals surface area contributed by atoms with Crippen LogP contribution in [0.4, 0.5) is 0 Å². The maximum absolute atomic E-state index is 11.1. The number of hydrogen-bond donors (Lipinski definition) is 3.